The minimum Gasteiger partial charge on any atom is -0.456 e. The first-order valence-electron chi connectivity index (χ1n) is 20.9. The number of benzene rings is 8. The maximum absolute atomic E-state index is 7.36. The van der Waals surface area contributed by atoms with Crippen molar-refractivity contribution in [2.45, 2.75) is 51.4 Å². The molecular formula is C56H47ClN2O. The van der Waals surface area contributed by atoms with E-state index in [1.165, 1.54) is 11.1 Å². The van der Waals surface area contributed by atoms with E-state index in [-0.39, 0.29) is 10.8 Å². The zero-order valence-electron chi connectivity index (χ0n) is 34.5. The highest BCUT2D eigenvalue weighted by Crippen LogP contribution is 2.51. The molecule has 0 saturated heterocycles. The number of halogens is 1. The standard InChI is InChI=1S/C56H47ClN2O/c1-55(2)30-31-56(3,4)50-37-45(28-29-49(50)55)59(51-25-15-27-53-54(51)48-24-11-12-26-52(48)60-53)47-35-42(57)34-46(36-47)58(43-22-13-20-40(32-43)38-16-7-5-8-17-38)44-23-14-21-41(33-44)39-18-9-6-10-19-39/h5-29,32-37H,30-31H2,1-4H3. The summed E-state index contributed by atoms with van der Waals surface area (Å²) in [5.74, 6) is 0. The minimum absolute atomic E-state index is 0.0186. The van der Waals surface area contributed by atoms with Crippen LogP contribution in [0.1, 0.15) is 51.7 Å². The third-order valence-electron chi connectivity index (χ3n) is 12.5. The summed E-state index contributed by atoms with van der Waals surface area (Å²) < 4.78 is 6.50. The first-order chi connectivity index (χ1) is 29.1. The lowest BCUT2D eigenvalue weighted by Crippen LogP contribution is -2.34. The van der Waals surface area contributed by atoms with Gasteiger partial charge >= 0.3 is 0 Å². The SMILES string of the molecule is CC1(C)CCC(C)(C)c2cc(N(c3cc(Cl)cc(N(c4cccc(-c5ccccc5)c4)c4cccc(-c5ccccc5)c4)c3)c3cccc4oc5ccccc5c34)ccc21. The van der Waals surface area contributed by atoms with Crippen LogP contribution in [0.25, 0.3) is 44.2 Å². The van der Waals surface area contributed by atoms with Gasteiger partial charge in [0.1, 0.15) is 11.2 Å². The van der Waals surface area contributed by atoms with Crippen molar-refractivity contribution in [2.24, 2.45) is 0 Å². The summed E-state index contributed by atoms with van der Waals surface area (Å²) in [5.41, 5.74) is 15.3. The van der Waals surface area contributed by atoms with E-state index in [1.54, 1.807) is 0 Å². The van der Waals surface area contributed by atoms with Gasteiger partial charge in [0, 0.05) is 38.8 Å². The molecule has 10 rings (SSSR count). The van der Waals surface area contributed by atoms with E-state index in [2.05, 4.69) is 219 Å². The molecular weight excluding hydrogens is 752 g/mol. The average molecular weight is 799 g/mol. The molecule has 60 heavy (non-hydrogen) atoms. The van der Waals surface area contributed by atoms with Crippen LogP contribution in [0, 0.1) is 0 Å². The van der Waals surface area contributed by atoms with Crippen LogP contribution in [0.3, 0.4) is 0 Å². The van der Waals surface area contributed by atoms with Crippen molar-refractivity contribution in [1.82, 2.24) is 0 Å². The Morgan fingerprint density at radius 3 is 1.58 bits per heavy atom. The van der Waals surface area contributed by atoms with Gasteiger partial charge in [0.25, 0.3) is 0 Å². The molecule has 0 spiro atoms. The summed E-state index contributed by atoms with van der Waals surface area (Å²) >= 11 is 7.36. The minimum atomic E-state index is 0.0186. The van der Waals surface area contributed by atoms with Crippen LogP contribution in [0.4, 0.5) is 34.1 Å². The molecule has 3 nitrogen and oxygen atoms in total. The molecule has 0 bridgehead atoms. The van der Waals surface area contributed by atoms with Crippen molar-refractivity contribution in [3.63, 3.8) is 0 Å². The Hall–Kier alpha value is -6.55. The Labute approximate surface area is 358 Å². The second-order valence-corrected chi connectivity index (χ2v) is 17.9. The van der Waals surface area contributed by atoms with Gasteiger partial charge in [-0.1, -0.05) is 155 Å². The predicted molar refractivity (Wildman–Crippen MR) is 254 cm³/mol. The van der Waals surface area contributed by atoms with Crippen LogP contribution in [0.15, 0.2) is 192 Å². The molecule has 0 amide bonds. The van der Waals surface area contributed by atoms with Gasteiger partial charge in [-0.3, -0.25) is 0 Å². The Morgan fingerprint density at radius 1 is 0.417 bits per heavy atom. The second-order valence-electron chi connectivity index (χ2n) is 17.4. The molecule has 0 N–H and O–H groups in total. The summed E-state index contributed by atoms with van der Waals surface area (Å²) in [6.45, 7) is 9.55. The van der Waals surface area contributed by atoms with E-state index in [4.69, 9.17) is 16.0 Å². The molecule has 1 heterocycles. The molecule has 0 fully saturated rings. The number of hydrogen-bond donors (Lipinski definition) is 0. The van der Waals surface area contributed by atoms with Gasteiger partial charge in [-0.05, 0) is 130 Å². The van der Waals surface area contributed by atoms with E-state index < -0.39 is 0 Å². The van der Waals surface area contributed by atoms with Crippen molar-refractivity contribution >= 4 is 67.7 Å². The van der Waals surface area contributed by atoms with E-state index in [0.29, 0.717) is 5.02 Å². The van der Waals surface area contributed by atoms with Gasteiger partial charge in [-0.2, -0.15) is 0 Å². The van der Waals surface area contributed by atoms with Gasteiger partial charge < -0.3 is 14.2 Å². The fourth-order valence-electron chi connectivity index (χ4n) is 9.26. The quantitative estimate of drug-likeness (QED) is 0.153. The number of fused-ring (bicyclic) bond motifs is 4. The molecule has 4 heteroatoms. The van der Waals surface area contributed by atoms with Crippen molar-refractivity contribution in [3.05, 3.63) is 204 Å². The monoisotopic (exact) mass is 798 g/mol. The normalized spacial score (nSPS) is 14.2. The lowest BCUT2D eigenvalue weighted by atomic mass is 9.63. The number of anilines is 6. The first-order valence-corrected chi connectivity index (χ1v) is 21.3. The van der Waals surface area contributed by atoms with E-state index in [9.17, 15) is 0 Å². The van der Waals surface area contributed by atoms with Crippen molar-refractivity contribution in [2.75, 3.05) is 9.80 Å². The lowest BCUT2D eigenvalue weighted by molar-refractivity contribution is 0.332. The maximum atomic E-state index is 7.36. The summed E-state index contributed by atoms with van der Waals surface area (Å²) in [6, 6.07) is 67.0. The zero-order valence-corrected chi connectivity index (χ0v) is 35.2. The number of furan rings is 1. The van der Waals surface area contributed by atoms with Gasteiger partial charge in [0.15, 0.2) is 0 Å². The fraction of sp³-hybridized carbons (Fsp3) is 0.143. The molecule has 0 radical (unpaired) electrons. The number of nitrogens with zero attached hydrogens (tertiary/aromatic N) is 2. The van der Waals surface area contributed by atoms with Crippen LogP contribution in [0.5, 0.6) is 0 Å². The molecule has 1 aliphatic rings. The molecule has 0 atom stereocenters. The van der Waals surface area contributed by atoms with Crippen LogP contribution < -0.4 is 9.80 Å². The molecule has 1 aliphatic carbocycles. The summed E-state index contributed by atoms with van der Waals surface area (Å²) in [6.07, 6.45) is 2.28. The summed E-state index contributed by atoms with van der Waals surface area (Å²) in [5, 5.41) is 2.78. The smallest absolute Gasteiger partial charge is 0.137 e. The van der Waals surface area contributed by atoms with Gasteiger partial charge in [0.2, 0.25) is 0 Å². The van der Waals surface area contributed by atoms with E-state index in [1.807, 2.05) is 6.07 Å². The highest BCUT2D eigenvalue weighted by molar-refractivity contribution is 6.31. The van der Waals surface area contributed by atoms with Crippen LogP contribution in [0.2, 0.25) is 5.02 Å². The Bertz CT molecular complexity index is 2940. The Morgan fingerprint density at radius 2 is 0.933 bits per heavy atom. The molecule has 294 valence electrons. The molecule has 8 aromatic carbocycles. The Balaban J connectivity index is 1.22. The number of hydrogen-bond acceptors (Lipinski definition) is 3. The highest BCUT2D eigenvalue weighted by Gasteiger charge is 2.37. The van der Waals surface area contributed by atoms with E-state index >= 15 is 0 Å². The van der Waals surface area contributed by atoms with Crippen LogP contribution >= 0.6 is 11.6 Å². The number of para-hydroxylation sites is 1. The third-order valence-corrected chi connectivity index (χ3v) is 12.7. The number of rotatable bonds is 8. The van der Waals surface area contributed by atoms with Gasteiger partial charge in [0.05, 0.1) is 11.1 Å². The largest absolute Gasteiger partial charge is 0.456 e. The second kappa shape index (κ2) is 14.9. The maximum Gasteiger partial charge on any atom is 0.137 e. The molecule has 0 aliphatic heterocycles. The average Bonchev–Trinajstić information content (AvgIpc) is 3.66. The van der Waals surface area contributed by atoms with Gasteiger partial charge in [-0.25, -0.2) is 0 Å². The van der Waals surface area contributed by atoms with E-state index in [0.717, 1.165) is 91.2 Å². The van der Waals surface area contributed by atoms with Crippen molar-refractivity contribution in [3.8, 4) is 22.3 Å². The van der Waals surface area contributed by atoms with Gasteiger partial charge in [-0.15, -0.1) is 0 Å². The fourth-order valence-corrected chi connectivity index (χ4v) is 9.48. The van der Waals surface area contributed by atoms with Crippen LogP contribution in [-0.2, 0) is 10.8 Å². The first kappa shape index (κ1) is 37.7. The molecule has 0 unspecified atom stereocenters. The predicted octanol–water partition coefficient (Wildman–Crippen LogP) is 16.9. The summed E-state index contributed by atoms with van der Waals surface area (Å²) in [7, 11) is 0. The molecule has 1 aromatic heterocycles. The van der Waals surface area contributed by atoms with Crippen molar-refractivity contribution in [1.29, 1.82) is 0 Å². The topological polar surface area (TPSA) is 19.6 Å². The molecule has 9 aromatic rings. The van der Waals surface area contributed by atoms with Crippen molar-refractivity contribution < 1.29 is 4.42 Å². The van der Waals surface area contributed by atoms with Crippen LogP contribution in [-0.4, -0.2) is 0 Å². The molecule has 0 saturated carbocycles. The lowest BCUT2D eigenvalue weighted by Gasteiger charge is -2.42. The highest BCUT2D eigenvalue weighted by atomic mass is 35.5. The zero-order chi connectivity index (χ0) is 41.0. The third kappa shape index (κ3) is 6.83. The summed E-state index contributed by atoms with van der Waals surface area (Å²) in [4.78, 5) is 4.72. The Kier molecular flexibility index (Phi) is 9.38.